The topological polar surface area (TPSA) is 74.6 Å². The zero-order valence-corrected chi connectivity index (χ0v) is 15.2. The molecule has 0 saturated carbocycles. The van der Waals surface area contributed by atoms with E-state index in [1.54, 1.807) is 27.7 Å². The van der Waals surface area contributed by atoms with Gasteiger partial charge in [0.05, 0.1) is 5.52 Å². The van der Waals surface area contributed by atoms with Gasteiger partial charge in [-0.3, -0.25) is 9.36 Å². The fourth-order valence-corrected chi connectivity index (χ4v) is 3.92. The average molecular weight is 384 g/mol. The summed E-state index contributed by atoms with van der Waals surface area (Å²) in [5.41, 5.74) is 1.66. The van der Waals surface area contributed by atoms with Crippen molar-refractivity contribution in [2.24, 2.45) is 0 Å². The minimum atomic E-state index is -1.15. The average Bonchev–Trinajstić information content (AvgIpc) is 3.00. The molecule has 1 saturated heterocycles. The molecule has 0 aliphatic carbocycles. The Morgan fingerprint density at radius 1 is 1.00 bits per heavy atom. The lowest BCUT2D eigenvalue weighted by Crippen LogP contribution is -2.46. The number of carbonyl (C=O) groups excluding carboxylic acids is 1. The number of amides is 1. The van der Waals surface area contributed by atoms with E-state index >= 15 is 0 Å². The number of halogens is 1. The van der Waals surface area contributed by atoms with Gasteiger partial charge in [0.15, 0.2) is 0 Å². The number of carboxylic acids is 1. The minimum Gasteiger partial charge on any atom is -0.478 e. The molecule has 1 aliphatic heterocycles. The molecule has 0 bridgehead atoms. The number of fused-ring (bicyclic) bond motifs is 1. The first-order valence-electron chi connectivity index (χ1n) is 8.71. The molecular weight excluding hydrogens is 366 g/mol. The zero-order chi connectivity index (χ0) is 19.0. The molecule has 0 atom stereocenters. The first-order chi connectivity index (χ1) is 13.1. The lowest BCUT2D eigenvalue weighted by molar-refractivity contribution is 0.0699. The molecule has 2 aromatic carbocycles. The van der Waals surface area contributed by atoms with E-state index in [0.29, 0.717) is 29.6 Å². The predicted octanol–water partition coefficient (Wildman–Crippen LogP) is 3.03. The van der Waals surface area contributed by atoms with E-state index < -0.39 is 5.97 Å². The van der Waals surface area contributed by atoms with Crippen LogP contribution in [-0.2, 0) is 0 Å². The second-order valence-electron chi connectivity index (χ2n) is 6.38. The van der Waals surface area contributed by atoms with E-state index in [4.69, 9.17) is 11.6 Å². The van der Waals surface area contributed by atoms with E-state index in [2.05, 4.69) is 5.32 Å². The van der Waals surface area contributed by atoms with Crippen LogP contribution in [0.3, 0.4) is 0 Å². The Labute approximate surface area is 161 Å². The van der Waals surface area contributed by atoms with Gasteiger partial charge in [0.1, 0.15) is 10.7 Å². The maximum Gasteiger partial charge on any atom is 0.339 e. The number of nitrogens with one attached hydrogen (secondary N) is 1. The molecule has 1 fully saturated rings. The Hall–Kier alpha value is -2.83. The Morgan fingerprint density at radius 3 is 2.37 bits per heavy atom. The number of piperazine rings is 1. The molecule has 0 spiro atoms. The molecule has 2 N–H and O–H groups in total. The van der Waals surface area contributed by atoms with Crippen molar-refractivity contribution in [2.45, 2.75) is 0 Å². The van der Waals surface area contributed by atoms with Gasteiger partial charge in [-0.1, -0.05) is 35.9 Å². The molecule has 1 aromatic heterocycles. The van der Waals surface area contributed by atoms with Crippen LogP contribution in [0.15, 0.2) is 48.5 Å². The van der Waals surface area contributed by atoms with Gasteiger partial charge >= 0.3 is 5.97 Å². The molecule has 138 valence electrons. The fourth-order valence-electron chi connectivity index (χ4n) is 3.55. The number of rotatable bonds is 3. The highest BCUT2D eigenvalue weighted by Gasteiger charge is 2.28. The Balaban J connectivity index is 1.97. The number of hydrogen-bond acceptors (Lipinski definition) is 3. The monoisotopic (exact) mass is 383 g/mol. The first kappa shape index (κ1) is 17.6. The first-order valence-corrected chi connectivity index (χ1v) is 9.09. The van der Waals surface area contributed by atoms with Crippen LogP contribution in [0.4, 0.5) is 0 Å². The molecule has 7 heteroatoms. The number of aromatic nitrogens is 1. The van der Waals surface area contributed by atoms with Gasteiger partial charge in [0.25, 0.3) is 5.91 Å². The Bertz CT molecular complexity index is 1020. The van der Waals surface area contributed by atoms with Gasteiger partial charge in [-0.2, -0.15) is 0 Å². The molecule has 2 heterocycles. The molecular formula is C20H18ClN3O3. The van der Waals surface area contributed by atoms with Crippen LogP contribution in [0.5, 0.6) is 0 Å². The minimum absolute atomic E-state index is 0.0467. The quantitative estimate of drug-likeness (QED) is 0.729. The Morgan fingerprint density at radius 2 is 1.70 bits per heavy atom. The molecule has 27 heavy (non-hydrogen) atoms. The highest BCUT2D eigenvalue weighted by Crippen LogP contribution is 2.35. The summed E-state index contributed by atoms with van der Waals surface area (Å²) in [5, 5.41) is 13.5. The highest BCUT2D eigenvalue weighted by atomic mass is 35.5. The second-order valence-corrected chi connectivity index (χ2v) is 6.74. The SMILES string of the molecule is O=C(O)c1c(Cl)n(-c2ccccc2)c2cccc(C(=O)N3CCNCC3)c12. The van der Waals surface area contributed by atoms with Gasteiger partial charge in [-0.05, 0) is 24.3 Å². The fraction of sp³-hybridized carbons (Fsp3) is 0.200. The third-order valence-electron chi connectivity index (χ3n) is 4.80. The van der Waals surface area contributed by atoms with Crippen molar-refractivity contribution >= 4 is 34.4 Å². The van der Waals surface area contributed by atoms with Crippen LogP contribution in [0.25, 0.3) is 16.6 Å². The number of carboxylic acid groups (broad SMARTS) is 1. The van der Waals surface area contributed by atoms with Gasteiger partial charge in [0, 0.05) is 42.8 Å². The molecule has 1 aliphatic rings. The summed E-state index contributed by atoms with van der Waals surface area (Å²) in [4.78, 5) is 26.8. The van der Waals surface area contributed by atoms with Crippen LogP contribution in [0, 0.1) is 0 Å². The normalized spacial score (nSPS) is 14.5. The predicted molar refractivity (Wildman–Crippen MR) is 104 cm³/mol. The largest absolute Gasteiger partial charge is 0.478 e. The molecule has 1 amide bonds. The summed E-state index contributed by atoms with van der Waals surface area (Å²) < 4.78 is 1.68. The third kappa shape index (κ3) is 2.97. The second kappa shape index (κ2) is 7.06. The van der Waals surface area contributed by atoms with E-state index in [1.165, 1.54) is 0 Å². The Kier molecular flexibility index (Phi) is 4.59. The lowest BCUT2D eigenvalue weighted by atomic mass is 10.0. The third-order valence-corrected chi connectivity index (χ3v) is 5.16. The van der Waals surface area contributed by atoms with E-state index in [-0.39, 0.29) is 16.6 Å². The molecule has 0 unspecified atom stereocenters. The number of carbonyl (C=O) groups is 2. The van der Waals surface area contributed by atoms with Crippen molar-refractivity contribution in [1.29, 1.82) is 0 Å². The van der Waals surface area contributed by atoms with E-state index in [9.17, 15) is 14.7 Å². The van der Waals surface area contributed by atoms with Crippen molar-refractivity contribution in [3.8, 4) is 5.69 Å². The summed E-state index contributed by atoms with van der Waals surface area (Å²) in [5.74, 6) is -1.33. The molecule has 3 aromatic rings. The summed E-state index contributed by atoms with van der Waals surface area (Å²) in [7, 11) is 0. The van der Waals surface area contributed by atoms with E-state index in [0.717, 1.165) is 18.8 Å². The maximum absolute atomic E-state index is 13.1. The number of hydrogen-bond donors (Lipinski definition) is 2. The number of aromatic carboxylic acids is 1. The summed E-state index contributed by atoms with van der Waals surface area (Å²) in [6, 6.07) is 14.5. The zero-order valence-electron chi connectivity index (χ0n) is 14.5. The molecule has 4 rings (SSSR count). The van der Waals surface area contributed by atoms with Gasteiger partial charge < -0.3 is 15.3 Å². The smallest absolute Gasteiger partial charge is 0.339 e. The van der Waals surface area contributed by atoms with Crippen LogP contribution < -0.4 is 5.32 Å². The van der Waals surface area contributed by atoms with Crippen molar-refractivity contribution in [1.82, 2.24) is 14.8 Å². The van der Waals surface area contributed by atoms with Crippen LogP contribution in [0.1, 0.15) is 20.7 Å². The molecule has 0 radical (unpaired) electrons. The van der Waals surface area contributed by atoms with E-state index in [1.807, 2.05) is 30.3 Å². The summed E-state index contributed by atoms with van der Waals surface area (Å²) in [6.45, 7) is 2.62. The summed E-state index contributed by atoms with van der Waals surface area (Å²) in [6.07, 6.45) is 0. The summed E-state index contributed by atoms with van der Waals surface area (Å²) >= 11 is 6.49. The standard InChI is InChI=1S/C20H18ClN3O3/c21-18-17(20(26)27)16-14(19(25)23-11-9-22-10-12-23)7-4-8-15(16)24(18)13-5-2-1-3-6-13/h1-8,22H,9-12H2,(H,26,27). The highest BCUT2D eigenvalue weighted by molar-refractivity contribution is 6.36. The van der Waals surface area contributed by atoms with Crippen LogP contribution >= 0.6 is 11.6 Å². The van der Waals surface area contributed by atoms with Gasteiger partial charge in [0.2, 0.25) is 0 Å². The number of nitrogens with zero attached hydrogens (tertiary/aromatic N) is 2. The van der Waals surface area contributed by atoms with Crippen molar-refractivity contribution < 1.29 is 14.7 Å². The van der Waals surface area contributed by atoms with Crippen LogP contribution in [0.2, 0.25) is 5.15 Å². The van der Waals surface area contributed by atoms with Crippen molar-refractivity contribution in [3.05, 3.63) is 64.8 Å². The van der Waals surface area contributed by atoms with Gasteiger partial charge in [-0.25, -0.2) is 4.79 Å². The number of benzene rings is 2. The lowest BCUT2D eigenvalue weighted by Gasteiger charge is -2.27. The van der Waals surface area contributed by atoms with Crippen LogP contribution in [-0.4, -0.2) is 52.6 Å². The van der Waals surface area contributed by atoms with Crippen molar-refractivity contribution in [3.63, 3.8) is 0 Å². The maximum atomic E-state index is 13.1. The van der Waals surface area contributed by atoms with Crippen molar-refractivity contribution in [2.75, 3.05) is 26.2 Å². The number of para-hydroxylation sites is 1. The molecule has 6 nitrogen and oxygen atoms in total. The van der Waals surface area contributed by atoms with Gasteiger partial charge in [-0.15, -0.1) is 0 Å².